The van der Waals surface area contributed by atoms with Crippen LogP contribution in [-0.2, 0) is 0 Å². The second kappa shape index (κ2) is 4.28. The molecule has 1 aliphatic carbocycles. The van der Waals surface area contributed by atoms with E-state index in [1.165, 1.54) is 18.9 Å². The Morgan fingerprint density at radius 2 is 2.18 bits per heavy atom. The summed E-state index contributed by atoms with van der Waals surface area (Å²) < 4.78 is 0. The van der Waals surface area contributed by atoms with Crippen molar-refractivity contribution in [3.05, 3.63) is 23.8 Å². The maximum absolute atomic E-state index is 11.2. The number of carboxylic acid groups (broad SMARTS) is 1. The molecule has 1 fully saturated rings. The Morgan fingerprint density at radius 3 is 2.71 bits per heavy atom. The number of carboxylic acids is 1. The Labute approximate surface area is 101 Å². The normalized spacial score (nSPS) is 16.6. The van der Waals surface area contributed by atoms with E-state index in [0.29, 0.717) is 17.6 Å². The lowest BCUT2D eigenvalue weighted by molar-refractivity contribution is 0.0697. The van der Waals surface area contributed by atoms with Gasteiger partial charge in [0.05, 0.1) is 11.3 Å². The first-order valence-corrected chi connectivity index (χ1v) is 5.86. The van der Waals surface area contributed by atoms with E-state index in [2.05, 4.69) is 6.92 Å². The molecule has 0 heterocycles. The highest BCUT2D eigenvalue weighted by Crippen LogP contribution is 2.37. The fourth-order valence-electron chi connectivity index (χ4n) is 2.15. The number of nitrogen functional groups attached to an aromatic ring is 1. The topological polar surface area (TPSA) is 66.6 Å². The van der Waals surface area contributed by atoms with Gasteiger partial charge in [-0.1, -0.05) is 0 Å². The van der Waals surface area contributed by atoms with Crippen LogP contribution < -0.4 is 10.6 Å². The minimum Gasteiger partial charge on any atom is -0.478 e. The molecule has 1 unspecified atom stereocenters. The molecule has 0 radical (unpaired) electrons. The van der Waals surface area contributed by atoms with E-state index in [4.69, 9.17) is 5.73 Å². The van der Waals surface area contributed by atoms with Gasteiger partial charge < -0.3 is 15.7 Å². The van der Waals surface area contributed by atoms with Gasteiger partial charge in [-0.25, -0.2) is 4.79 Å². The lowest BCUT2D eigenvalue weighted by Gasteiger charge is -2.28. The number of rotatable bonds is 4. The average molecular weight is 234 g/mol. The minimum atomic E-state index is -0.929. The molecular weight excluding hydrogens is 216 g/mol. The summed E-state index contributed by atoms with van der Waals surface area (Å²) in [5.74, 6) is -0.235. The predicted molar refractivity (Wildman–Crippen MR) is 68.4 cm³/mol. The fourth-order valence-corrected chi connectivity index (χ4v) is 2.15. The van der Waals surface area contributed by atoms with E-state index in [9.17, 15) is 9.90 Å². The molecule has 0 saturated heterocycles. The van der Waals surface area contributed by atoms with Crippen LogP contribution in [0.4, 0.5) is 11.4 Å². The first-order valence-electron chi connectivity index (χ1n) is 5.86. The quantitative estimate of drug-likeness (QED) is 0.784. The van der Waals surface area contributed by atoms with Crippen LogP contribution in [0, 0.1) is 5.92 Å². The Morgan fingerprint density at radius 1 is 1.53 bits per heavy atom. The Balaban J connectivity index is 2.32. The van der Waals surface area contributed by atoms with E-state index >= 15 is 0 Å². The van der Waals surface area contributed by atoms with Gasteiger partial charge in [-0.15, -0.1) is 0 Å². The zero-order valence-corrected chi connectivity index (χ0v) is 10.2. The van der Waals surface area contributed by atoms with Gasteiger partial charge in [0.2, 0.25) is 0 Å². The summed E-state index contributed by atoms with van der Waals surface area (Å²) in [5.41, 5.74) is 7.14. The number of aromatic carboxylic acids is 1. The van der Waals surface area contributed by atoms with Crippen molar-refractivity contribution >= 4 is 17.3 Å². The molecule has 1 aliphatic rings. The molecule has 17 heavy (non-hydrogen) atoms. The molecule has 0 amide bonds. The van der Waals surface area contributed by atoms with Crippen LogP contribution in [0.2, 0.25) is 0 Å². The molecule has 4 heteroatoms. The molecule has 1 atom stereocenters. The van der Waals surface area contributed by atoms with Crippen LogP contribution in [0.3, 0.4) is 0 Å². The smallest absolute Gasteiger partial charge is 0.337 e. The lowest BCUT2D eigenvalue weighted by atomic mass is 10.1. The Kier molecular flexibility index (Phi) is 2.96. The highest BCUT2D eigenvalue weighted by Gasteiger charge is 2.31. The first-order chi connectivity index (χ1) is 8.00. The number of anilines is 2. The SMILES string of the molecule is CC(C1CC1)N(C)c1ccc(N)cc1C(=O)O. The maximum Gasteiger partial charge on any atom is 0.337 e. The maximum atomic E-state index is 11.2. The van der Waals surface area contributed by atoms with Crippen molar-refractivity contribution in [3.63, 3.8) is 0 Å². The van der Waals surface area contributed by atoms with Crippen molar-refractivity contribution < 1.29 is 9.90 Å². The molecule has 0 bridgehead atoms. The molecule has 2 rings (SSSR count). The van der Waals surface area contributed by atoms with Crippen LogP contribution in [0.25, 0.3) is 0 Å². The molecule has 1 saturated carbocycles. The number of hydrogen-bond acceptors (Lipinski definition) is 3. The molecule has 92 valence electrons. The van der Waals surface area contributed by atoms with E-state index in [0.717, 1.165) is 5.69 Å². The third kappa shape index (κ3) is 2.35. The van der Waals surface area contributed by atoms with Crippen LogP contribution in [0.5, 0.6) is 0 Å². The van der Waals surface area contributed by atoms with E-state index in [1.807, 2.05) is 11.9 Å². The highest BCUT2D eigenvalue weighted by molar-refractivity contribution is 5.95. The standard InChI is InChI=1S/C13H18N2O2/c1-8(9-3-4-9)15(2)12-6-5-10(14)7-11(12)13(16)17/h5-9H,3-4,14H2,1-2H3,(H,16,17). The van der Waals surface area contributed by atoms with Crippen LogP contribution in [0.1, 0.15) is 30.1 Å². The molecule has 1 aromatic carbocycles. The van der Waals surface area contributed by atoms with E-state index < -0.39 is 5.97 Å². The van der Waals surface area contributed by atoms with Crippen molar-refractivity contribution in [1.29, 1.82) is 0 Å². The summed E-state index contributed by atoms with van der Waals surface area (Å²) >= 11 is 0. The summed E-state index contributed by atoms with van der Waals surface area (Å²) in [6.45, 7) is 2.14. The van der Waals surface area contributed by atoms with E-state index in [-0.39, 0.29) is 5.56 Å². The van der Waals surface area contributed by atoms with Crippen molar-refractivity contribution in [1.82, 2.24) is 0 Å². The summed E-state index contributed by atoms with van der Waals surface area (Å²) in [6.07, 6.45) is 2.48. The predicted octanol–water partition coefficient (Wildman–Crippen LogP) is 2.20. The van der Waals surface area contributed by atoms with Gasteiger partial charge in [0.1, 0.15) is 0 Å². The van der Waals surface area contributed by atoms with Gasteiger partial charge in [-0.2, -0.15) is 0 Å². The Bertz CT molecular complexity index is 441. The number of nitrogens with two attached hydrogens (primary N) is 1. The van der Waals surface area contributed by atoms with Gasteiger partial charge in [0, 0.05) is 18.8 Å². The fraction of sp³-hybridized carbons (Fsp3) is 0.462. The molecule has 0 spiro atoms. The van der Waals surface area contributed by atoms with Crippen LogP contribution in [0.15, 0.2) is 18.2 Å². The molecule has 0 aliphatic heterocycles. The minimum absolute atomic E-state index is 0.278. The summed E-state index contributed by atoms with van der Waals surface area (Å²) in [5, 5.41) is 9.19. The Hall–Kier alpha value is -1.71. The third-order valence-corrected chi connectivity index (χ3v) is 3.55. The summed E-state index contributed by atoms with van der Waals surface area (Å²) in [7, 11) is 1.95. The van der Waals surface area contributed by atoms with Crippen LogP contribution >= 0.6 is 0 Å². The van der Waals surface area contributed by atoms with Crippen LogP contribution in [-0.4, -0.2) is 24.2 Å². The number of carbonyl (C=O) groups is 1. The number of nitrogens with zero attached hydrogens (tertiary/aromatic N) is 1. The summed E-state index contributed by atoms with van der Waals surface area (Å²) in [4.78, 5) is 13.2. The second-order valence-electron chi connectivity index (χ2n) is 4.77. The number of hydrogen-bond donors (Lipinski definition) is 2. The van der Waals surface area contributed by atoms with Crippen molar-refractivity contribution in [3.8, 4) is 0 Å². The lowest BCUT2D eigenvalue weighted by Crippen LogP contribution is -2.31. The third-order valence-electron chi connectivity index (χ3n) is 3.55. The van der Waals surface area contributed by atoms with Crippen molar-refractivity contribution in [2.75, 3.05) is 17.7 Å². The zero-order chi connectivity index (χ0) is 12.6. The summed E-state index contributed by atoms with van der Waals surface area (Å²) in [6, 6.07) is 5.43. The molecule has 3 N–H and O–H groups in total. The highest BCUT2D eigenvalue weighted by atomic mass is 16.4. The van der Waals surface area contributed by atoms with Gasteiger partial charge in [0.25, 0.3) is 0 Å². The van der Waals surface area contributed by atoms with Gasteiger partial charge >= 0.3 is 5.97 Å². The van der Waals surface area contributed by atoms with Gasteiger partial charge in [0.15, 0.2) is 0 Å². The molecular formula is C13H18N2O2. The molecule has 0 aromatic heterocycles. The molecule has 1 aromatic rings. The monoisotopic (exact) mass is 234 g/mol. The first kappa shape index (κ1) is 11.8. The second-order valence-corrected chi connectivity index (χ2v) is 4.77. The van der Waals surface area contributed by atoms with Crippen molar-refractivity contribution in [2.45, 2.75) is 25.8 Å². The largest absolute Gasteiger partial charge is 0.478 e. The number of benzene rings is 1. The van der Waals surface area contributed by atoms with Gasteiger partial charge in [-0.05, 0) is 43.9 Å². The molecule has 4 nitrogen and oxygen atoms in total. The zero-order valence-electron chi connectivity index (χ0n) is 10.2. The van der Waals surface area contributed by atoms with E-state index in [1.54, 1.807) is 12.1 Å². The van der Waals surface area contributed by atoms with Gasteiger partial charge in [-0.3, -0.25) is 0 Å². The van der Waals surface area contributed by atoms with Crippen molar-refractivity contribution in [2.24, 2.45) is 5.92 Å². The average Bonchev–Trinajstić information content (AvgIpc) is 3.10.